The quantitative estimate of drug-likeness (QED) is 0.738. The van der Waals surface area contributed by atoms with Gasteiger partial charge in [0, 0.05) is 5.41 Å². The van der Waals surface area contributed by atoms with Crippen LogP contribution in [0.2, 0.25) is 0 Å². The van der Waals surface area contributed by atoms with Gasteiger partial charge in [0.15, 0.2) is 0 Å². The molecule has 0 heteroatoms. The summed E-state index contributed by atoms with van der Waals surface area (Å²) in [4.78, 5) is 0. The van der Waals surface area contributed by atoms with Gasteiger partial charge in [-0.15, -0.1) is 0 Å². The molecule has 2 aliphatic rings. The molecule has 2 fully saturated rings. The molecule has 2 aromatic rings. The normalized spacial score (nSPS) is 29.9. The van der Waals surface area contributed by atoms with E-state index in [1.165, 1.54) is 24.0 Å². The van der Waals surface area contributed by atoms with Crippen LogP contribution in [0, 0.1) is 24.2 Å². The van der Waals surface area contributed by atoms with E-state index in [-0.39, 0.29) is 0 Å². The summed E-state index contributed by atoms with van der Waals surface area (Å²) < 4.78 is 0. The lowest BCUT2D eigenvalue weighted by Crippen LogP contribution is -2.13. The first-order valence-electron chi connectivity index (χ1n) is 7.77. The highest BCUT2D eigenvalue weighted by atomic mass is 14.7. The standard InChI is InChI=1S/C20H21/c1-2-15-13-18(15)19-14-20(19,16-9-5-3-6-10-16)17-11-7-4-8-12-17/h2-12,15,18-19H,13-14H2,1H3. The Morgan fingerprint density at radius 1 is 0.900 bits per heavy atom. The van der Waals surface area contributed by atoms with Crippen LogP contribution in [0.4, 0.5) is 0 Å². The average molecular weight is 261 g/mol. The molecule has 0 aliphatic heterocycles. The fraction of sp³-hybridized carbons (Fsp3) is 0.350. The molecule has 0 bridgehead atoms. The molecule has 0 spiro atoms. The van der Waals surface area contributed by atoms with Crippen molar-refractivity contribution < 1.29 is 0 Å². The predicted octanol–water partition coefficient (Wildman–Crippen LogP) is 4.85. The van der Waals surface area contributed by atoms with Crippen molar-refractivity contribution in [1.82, 2.24) is 0 Å². The molecule has 0 saturated heterocycles. The van der Waals surface area contributed by atoms with Gasteiger partial charge in [0.25, 0.3) is 0 Å². The summed E-state index contributed by atoms with van der Waals surface area (Å²) in [6.07, 6.45) is 5.14. The lowest BCUT2D eigenvalue weighted by atomic mass is 9.84. The molecule has 0 heterocycles. The van der Waals surface area contributed by atoms with Crippen LogP contribution < -0.4 is 0 Å². The lowest BCUT2D eigenvalue weighted by molar-refractivity contribution is 0.592. The summed E-state index contributed by atoms with van der Waals surface area (Å²) >= 11 is 0. The van der Waals surface area contributed by atoms with E-state index in [1.807, 2.05) is 0 Å². The molecule has 101 valence electrons. The fourth-order valence-corrected chi connectivity index (χ4v) is 4.19. The first kappa shape index (κ1) is 12.2. The zero-order valence-corrected chi connectivity index (χ0v) is 12.0. The van der Waals surface area contributed by atoms with Gasteiger partial charge in [0.1, 0.15) is 0 Å². The highest BCUT2D eigenvalue weighted by Crippen LogP contribution is 2.68. The van der Waals surface area contributed by atoms with E-state index in [1.54, 1.807) is 0 Å². The Kier molecular flexibility index (Phi) is 2.73. The Balaban J connectivity index is 1.73. The second-order valence-corrected chi connectivity index (χ2v) is 6.41. The van der Waals surface area contributed by atoms with E-state index in [0.717, 1.165) is 17.8 Å². The fourth-order valence-electron chi connectivity index (χ4n) is 4.19. The topological polar surface area (TPSA) is 0 Å². The van der Waals surface area contributed by atoms with Gasteiger partial charge in [-0.05, 0) is 48.1 Å². The maximum atomic E-state index is 2.41. The van der Waals surface area contributed by atoms with Gasteiger partial charge in [-0.25, -0.2) is 0 Å². The van der Waals surface area contributed by atoms with Crippen molar-refractivity contribution in [2.24, 2.45) is 17.8 Å². The Labute approximate surface area is 121 Å². The maximum Gasteiger partial charge on any atom is 0.0237 e. The lowest BCUT2D eigenvalue weighted by Gasteiger charge is -2.19. The van der Waals surface area contributed by atoms with Gasteiger partial charge >= 0.3 is 0 Å². The second kappa shape index (κ2) is 4.48. The van der Waals surface area contributed by atoms with Crippen molar-refractivity contribution in [3.63, 3.8) is 0 Å². The van der Waals surface area contributed by atoms with Crippen molar-refractivity contribution in [3.8, 4) is 0 Å². The van der Waals surface area contributed by atoms with Gasteiger partial charge in [-0.3, -0.25) is 0 Å². The van der Waals surface area contributed by atoms with Gasteiger partial charge < -0.3 is 0 Å². The van der Waals surface area contributed by atoms with E-state index in [9.17, 15) is 0 Å². The Morgan fingerprint density at radius 3 is 1.90 bits per heavy atom. The molecule has 1 radical (unpaired) electrons. The van der Waals surface area contributed by atoms with E-state index in [4.69, 9.17) is 0 Å². The van der Waals surface area contributed by atoms with E-state index in [0.29, 0.717) is 5.41 Å². The first-order chi connectivity index (χ1) is 9.86. The van der Waals surface area contributed by atoms with Crippen molar-refractivity contribution in [1.29, 1.82) is 0 Å². The third-order valence-electron chi connectivity index (χ3n) is 5.43. The van der Waals surface area contributed by atoms with Crippen LogP contribution in [-0.2, 0) is 5.41 Å². The number of rotatable bonds is 4. The number of hydrogen-bond donors (Lipinski definition) is 0. The van der Waals surface area contributed by atoms with Crippen molar-refractivity contribution >= 4 is 0 Å². The maximum absolute atomic E-state index is 2.41. The minimum Gasteiger partial charge on any atom is -0.0622 e. The van der Waals surface area contributed by atoms with Crippen LogP contribution in [0.15, 0.2) is 60.7 Å². The molecule has 2 aromatic carbocycles. The van der Waals surface area contributed by atoms with Crippen LogP contribution in [0.5, 0.6) is 0 Å². The molecule has 2 saturated carbocycles. The summed E-state index contributed by atoms with van der Waals surface area (Å²) in [5.74, 6) is 2.63. The van der Waals surface area contributed by atoms with Crippen LogP contribution >= 0.6 is 0 Å². The summed E-state index contributed by atoms with van der Waals surface area (Å²) in [5, 5.41) is 0. The third-order valence-corrected chi connectivity index (χ3v) is 5.43. The van der Waals surface area contributed by atoms with Crippen LogP contribution in [-0.4, -0.2) is 0 Å². The molecular formula is C20H21. The van der Waals surface area contributed by atoms with Gasteiger partial charge in [-0.2, -0.15) is 0 Å². The van der Waals surface area contributed by atoms with Crippen molar-refractivity contribution in [2.45, 2.75) is 25.2 Å². The minimum absolute atomic E-state index is 0.297. The summed E-state index contributed by atoms with van der Waals surface area (Å²) in [6, 6.07) is 22.3. The summed E-state index contributed by atoms with van der Waals surface area (Å²) in [5.41, 5.74) is 3.32. The van der Waals surface area contributed by atoms with Gasteiger partial charge in [-0.1, -0.05) is 67.6 Å². The SMILES string of the molecule is C[CH]C1CC1C1CC1(c1ccccc1)c1ccccc1. The van der Waals surface area contributed by atoms with Gasteiger partial charge in [0.05, 0.1) is 0 Å². The number of benzene rings is 2. The Bertz CT molecular complexity index is 544. The van der Waals surface area contributed by atoms with E-state index in [2.05, 4.69) is 74.0 Å². The average Bonchev–Trinajstić information content (AvgIpc) is 3.41. The highest BCUT2D eigenvalue weighted by molar-refractivity contribution is 5.48. The molecule has 3 atom stereocenters. The molecule has 0 nitrogen and oxygen atoms in total. The Morgan fingerprint density at radius 2 is 1.45 bits per heavy atom. The molecule has 0 amide bonds. The third kappa shape index (κ3) is 1.74. The predicted molar refractivity (Wildman–Crippen MR) is 83.3 cm³/mol. The smallest absolute Gasteiger partial charge is 0.0237 e. The van der Waals surface area contributed by atoms with E-state index >= 15 is 0 Å². The van der Waals surface area contributed by atoms with Crippen LogP contribution in [0.3, 0.4) is 0 Å². The number of hydrogen-bond acceptors (Lipinski definition) is 0. The summed E-state index contributed by atoms with van der Waals surface area (Å²) in [7, 11) is 0. The first-order valence-corrected chi connectivity index (χ1v) is 7.77. The zero-order valence-electron chi connectivity index (χ0n) is 12.0. The second-order valence-electron chi connectivity index (χ2n) is 6.41. The van der Waals surface area contributed by atoms with E-state index < -0.39 is 0 Å². The molecule has 4 rings (SSSR count). The largest absolute Gasteiger partial charge is 0.0622 e. The molecule has 3 unspecified atom stereocenters. The highest BCUT2D eigenvalue weighted by Gasteiger charge is 2.63. The van der Waals surface area contributed by atoms with Crippen molar-refractivity contribution in [2.75, 3.05) is 0 Å². The zero-order chi connectivity index (χ0) is 13.6. The molecular weight excluding hydrogens is 240 g/mol. The summed E-state index contributed by atoms with van der Waals surface area (Å²) in [6.45, 7) is 2.22. The molecule has 2 aliphatic carbocycles. The minimum atomic E-state index is 0.297. The Hall–Kier alpha value is -1.56. The molecule has 20 heavy (non-hydrogen) atoms. The van der Waals surface area contributed by atoms with Crippen molar-refractivity contribution in [3.05, 3.63) is 78.2 Å². The molecule has 0 aromatic heterocycles. The monoisotopic (exact) mass is 261 g/mol. The van der Waals surface area contributed by atoms with Crippen LogP contribution in [0.1, 0.15) is 30.9 Å². The van der Waals surface area contributed by atoms with Gasteiger partial charge in [0.2, 0.25) is 0 Å². The molecule has 0 N–H and O–H groups in total. The van der Waals surface area contributed by atoms with Crippen LogP contribution in [0.25, 0.3) is 0 Å².